The zero-order chi connectivity index (χ0) is 19.3. The number of benzene rings is 2. The molecule has 0 saturated carbocycles. The molecule has 0 unspecified atom stereocenters. The van der Waals surface area contributed by atoms with Gasteiger partial charge in [-0.2, -0.15) is 0 Å². The molecular weight excluding hydrogens is 373 g/mol. The monoisotopic (exact) mass is 397 g/mol. The molecule has 0 aliphatic carbocycles. The van der Waals surface area contributed by atoms with Gasteiger partial charge in [0.15, 0.2) is 4.80 Å². The van der Waals surface area contributed by atoms with Crippen LogP contribution >= 0.6 is 11.3 Å². The average Bonchev–Trinajstić information content (AvgIpc) is 3.12. The maximum Gasteiger partial charge on any atom is 0.190 e. The van der Waals surface area contributed by atoms with Gasteiger partial charge in [0.25, 0.3) is 0 Å². The highest BCUT2D eigenvalue weighted by atomic mass is 32.1. The number of para-hydroxylation sites is 1. The lowest BCUT2D eigenvalue weighted by molar-refractivity contribution is 0.0363. The van der Waals surface area contributed by atoms with Crippen LogP contribution < -0.4 is 4.80 Å². The first-order valence-corrected chi connectivity index (χ1v) is 10.4. The SMILES string of the molecule is Cc1ccccc1N=c1scc(-c2ccc(F)cc2)n1CCN1CCOCC1. The van der Waals surface area contributed by atoms with Crippen LogP contribution in [0.25, 0.3) is 11.3 Å². The molecule has 2 heterocycles. The first-order valence-electron chi connectivity index (χ1n) is 9.55. The van der Waals surface area contributed by atoms with Crippen LogP contribution in [0.2, 0.25) is 0 Å². The Labute approximate surface area is 168 Å². The number of nitrogens with zero attached hydrogens (tertiary/aromatic N) is 3. The molecule has 1 aliphatic rings. The van der Waals surface area contributed by atoms with Crippen molar-refractivity contribution in [2.45, 2.75) is 13.5 Å². The summed E-state index contributed by atoms with van der Waals surface area (Å²) in [5, 5.41) is 2.11. The lowest BCUT2D eigenvalue weighted by atomic mass is 10.1. The maximum absolute atomic E-state index is 13.4. The fraction of sp³-hybridized carbons (Fsp3) is 0.318. The van der Waals surface area contributed by atoms with E-state index in [9.17, 15) is 4.39 Å². The minimum atomic E-state index is -0.219. The van der Waals surface area contributed by atoms with E-state index in [1.807, 2.05) is 30.3 Å². The summed E-state index contributed by atoms with van der Waals surface area (Å²) in [6, 6.07) is 14.8. The standard InChI is InChI=1S/C22H24FN3OS/c1-17-4-2-3-5-20(17)24-22-26(11-10-25-12-14-27-15-13-25)21(16-28-22)18-6-8-19(23)9-7-18/h2-9,16H,10-15H2,1H3. The molecule has 3 aromatic rings. The van der Waals surface area contributed by atoms with Crippen LogP contribution in [0.1, 0.15) is 5.56 Å². The Bertz CT molecular complexity index is 988. The average molecular weight is 398 g/mol. The van der Waals surface area contributed by atoms with E-state index in [0.717, 1.165) is 66.7 Å². The van der Waals surface area contributed by atoms with E-state index in [4.69, 9.17) is 9.73 Å². The summed E-state index contributed by atoms with van der Waals surface area (Å²) in [7, 11) is 0. The zero-order valence-electron chi connectivity index (χ0n) is 16.0. The summed E-state index contributed by atoms with van der Waals surface area (Å²) < 4.78 is 21.1. The van der Waals surface area contributed by atoms with Gasteiger partial charge in [0, 0.05) is 31.6 Å². The van der Waals surface area contributed by atoms with Crippen LogP contribution in [-0.2, 0) is 11.3 Å². The van der Waals surface area contributed by atoms with Gasteiger partial charge in [-0.3, -0.25) is 4.90 Å². The Kier molecular flexibility index (Phi) is 6.00. The molecule has 0 bridgehead atoms. The third kappa shape index (κ3) is 4.41. The molecule has 0 spiro atoms. The smallest absolute Gasteiger partial charge is 0.190 e. The number of morpholine rings is 1. The van der Waals surface area contributed by atoms with Gasteiger partial charge in [0.2, 0.25) is 0 Å². The molecular formula is C22H24FN3OS. The Balaban J connectivity index is 1.71. The number of halogens is 1. The van der Waals surface area contributed by atoms with Crippen LogP contribution in [0.4, 0.5) is 10.1 Å². The van der Waals surface area contributed by atoms with Gasteiger partial charge in [-0.15, -0.1) is 11.3 Å². The molecule has 2 aromatic carbocycles. The summed E-state index contributed by atoms with van der Waals surface area (Å²) in [6.45, 7) is 7.35. The van der Waals surface area contributed by atoms with Crippen LogP contribution in [0.3, 0.4) is 0 Å². The number of aromatic nitrogens is 1. The second-order valence-corrected chi connectivity index (χ2v) is 7.75. The lowest BCUT2D eigenvalue weighted by Crippen LogP contribution is -2.39. The molecule has 1 aliphatic heterocycles. The van der Waals surface area contributed by atoms with Crippen LogP contribution in [0.5, 0.6) is 0 Å². The first-order chi connectivity index (χ1) is 13.7. The van der Waals surface area contributed by atoms with Crippen molar-refractivity contribution in [3.63, 3.8) is 0 Å². The minimum absolute atomic E-state index is 0.219. The molecule has 4 nitrogen and oxygen atoms in total. The van der Waals surface area contributed by atoms with Crippen molar-refractivity contribution in [1.29, 1.82) is 0 Å². The van der Waals surface area contributed by atoms with Gasteiger partial charge in [0.05, 0.1) is 24.6 Å². The topological polar surface area (TPSA) is 29.8 Å². The van der Waals surface area contributed by atoms with E-state index in [1.165, 1.54) is 12.1 Å². The highest BCUT2D eigenvalue weighted by molar-refractivity contribution is 7.07. The predicted octanol–water partition coefficient (Wildman–Crippen LogP) is 4.23. The summed E-state index contributed by atoms with van der Waals surface area (Å²) in [5.41, 5.74) is 4.21. The molecule has 0 amide bonds. The van der Waals surface area contributed by atoms with Crippen molar-refractivity contribution >= 4 is 17.0 Å². The van der Waals surface area contributed by atoms with Gasteiger partial charge in [-0.1, -0.05) is 18.2 Å². The van der Waals surface area contributed by atoms with Gasteiger partial charge in [-0.25, -0.2) is 9.38 Å². The van der Waals surface area contributed by atoms with Gasteiger partial charge in [-0.05, 0) is 48.4 Å². The molecule has 0 N–H and O–H groups in total. The molecule has 6 heteroatoms. The van der Waals surface area contributed by atoms with E-state index >= 15 is 0 Å². The van der Waals surface area contributed by atoms with Crippen molar-refractivity contribution < 1.29 is 9.13 Å². The maximum atomic E-state index is 13.4. The summed E-state index contributed by atoms with van der Waals surface area (Å²) in [6.07, 6.45) is 0. The number of aryl methyl sites for hydroxylation is 1. The van der Waals surface area contributed by atoms with E-state index in [-0.39, 0.29) is 5.82 Å². The Morgan fingerprint density at radius 2 is 1.79 bits per heavy atom. The summed E-state index contributed by atoms with van der Waals surface area (Å²) in [4.78, 5) is 8.31. The second-order valence-electron chi connectivity index (χ2n) is 6.91. The zero-order valence-corrected chi connectivity index (χ0v) is 16.8. The predicted molar refractivity (Wildman–Crippen MR) is 111 cm³/mol. The lowest BCUT2D eigenvalue weighted by Gasteiger charge is -2.26. The van der Waals surface area contributed by atoms with Gasteiger partial charge < -0.3 is 9.30 Å². The van der Waals surface area contributed by atoms with Crippen LogP contribution in [0.15, 0.2) is 58.9 Å². The fourth-order valence-electron chi connectivity index (χ4n) is 3.34. The Morgan fingerprint density at radius 3 is 2.54 bits per heavy atom. The highest BCUT2D eigenvalue weighted by Crippen LogP contribution is 2.22. The van der Waals surface area contributed by atoms with Crippen LogP contribution in [-0.4, -0.2) is 42.3 Å². The van der Waals surface area contributed by atoms with Crippen molar-refractivity contribution in [3.05, 3.63) is 70.1 Å². The molecule has 146 valence electrons. The summed E-state index contributed by atoms with van der Waals surface area (Å²) in [5.74, 6) is -0.219. The number of rotatable bonds is 5. The van der Waals surface area contributed by atoms with E-state index < -0.39 is 0 Å². The van der Waals surface area contributed by atoms with Crippen LogP contribution in [0, 0.1) is 12.7 Å². The number of thiazole rings is 1. The quantitative estimate of drug-likeness (QED) is 0.645. The van der Waals surface area contributed by atoms with Crippen molar-refractivity contribution in [1.82, 2.24) is 9.47 Å². The molecule has 1 fully saturated rings. The molecule has 0 radical (unpaired) electrons. The van der Waals surface area contributed by atoms with Gasteiger partial charge >= 0.3 is 0 Å². The Hall–Kier alpha value is -2.28. The third-order valence-electron chi connectivity index (χ3n) is 5.01. The Morgan fingerprint density at radius 1 is 1.04 bits per heavy atom. The first kappa shape index (κ1) is 19.1. The molecule has 1 aromatic heterocycles. The normalized spacial score (nSPS) is 15.9. The molecule has 1 saturated heterocycles. The van der Waals surface area contributed by atoms with E-state index in [0.29, 0.717) is 0 Å². The van der Waals surface area contributed by atoms with Gasteiger partial charge in [0.1, 0.15) is 5.82 Å². The molecule has 0 atom stereocenters. The van der Waals surface area contributed by atoms with E-state index in [1.54, 1.807) is 11.3 Å². The largest absolute Gasteiger partial charge is 0.379 e. The van der Waals surface area contributed by atoms with Crippen molar-refractivity contribution in [3.8, 4) is 11.3 Å². The van der Waals surface area contributed by atoms with Crippen molar-refractivity contribution in [2.75, 3.05) is 32.8 Å². The highest BCUT2D eigenvalue weighted by Gasteiger charge is 2.13. The fourth-order valence-corrected chi connectivity index (χ4v) is 4.29. The summed E-state index contributed by atoms with van der Waals surface area (Å²) >= 11 is 1.62. The number of hydrogen-bond acceptors (Lipinski definition) is 4. The number of ether oxygens (including phenoxy) is 1. The second kappa shape index (κ2) is 8.82. The number of hydrogen-bond donors (Lipinski definition) is 0. The van der Waals surface area contributed by atoms with E-state index in [2.05, 4.69) is 27.8 Å². The molecule has 4 rings (SSSR count). The molecule has 28 heavy (non-hydrogen) atoms. The third-order valence-corrected chi connectivity index (χ3v) is 5.88. The minimum Gasteiger partial charge on any atom is -0.379 e. The van der Waals surface area contributed by atoms with Crippen molar-refractivity contribution in [2.24, 2.45) is 4.99 Å².